The number of nitrogens with one attached hydrogen (secondary N) is 2. The van der Waals surface area contributed by atoms with E-state index in [9.17, 15) is 14.4 Å². The van der Waals surface area contributed by atoms with E-state index in [2.05, 4.69) is 31.1 Å². The SMILES string of the molecule is C=C(C)C(=O)OCCOC(=O)Nc1ccc(C(C)(C)c2ccc(NC(=O)OCCC[Si](OCC)(OCC)OCC)cc2)cc1. The Bertz CT molecular complexity index is 1200. The van der Waals surface area contributed by atoms with E-state index in [4.69, 9.17) is 27.5 Å². The molecule has 0 radical (unpaired) electrons. The van der Waals surface area contributed by atoms with Crippen molar-refractivity contribution in [1.29, 1.82) is 0 Å². The van der Waals surface area contributed by atoms with E-state index in [0.717, 1.165) is 11.1 Å². The second-order valence-corrected chi connectivity index (χ2v) is 13.0. The minimum atomic E-state index is -2.77. The van der Waals surface area contributed by atoms with Crippen molar-refractivity contribution in [2.45, 2.75) is 59.4 Å². The highest BCUT2D eigenvalue weighted by molar-refractivity contribution is 6.60. The standard InChI is InChI=1S/C32H46N2O9Si/c1-8-41-44(42-9-2,43-10-3)23-11-20-39-30(36)33-27-16-12-25(13-17-27)32(6,7)26-14-18-28(19-15-26)34-31(37)40-22-21-38-29(35)24(4)5/h12-19H,4,8-11,20-23H2,1-3,5-7H3,(H,33,36)(H,34,37). The molecule has 12 heteroatoms. The Hall–Kier alpha value is -3.71. The number of hydrogen-bond acceptors (Lipinski definition) is 9. The van der Waals surface area contributed by atoms with E-state index in [1.807, 2.05) is 57.2 Å². The monoisotopic (exact) mass is 630 g/mol. The lowest BCUT2D eigenvalue weighted by atomic mass is 9.78. The van der Waals surface area contributed by atoms with E-state index < -0.39 is 27.0 Å². The molecule has 2 aromatic carbocycles. The average molecular weight is 631 g/mol. The number of carbonyl (C=O) groups is 3. The van der Waals surface area contributed by atoms with Crippen LogP contribution in [0, 0.1) is 0 Å². The Morgan fingerprint density at radius 2 is 1.11 bits per heavy atom. The fourth-order valence-electron chi connectivity index (χ4n) is 4.26. The van der Waals surface area contributed by atoms with Crippen LogP contribution in [0.2, 0.25) is 6.04 Å². The summed E-state index contributed by atoms with van der Waals surface area (Å²) < 4.78 is 32.8. The van der Waals surface area contributed by atoms with Crippen LogP contribution in [0.1, 0.15) is 59.1 Å². The van der Waals surface area contributed by atoms with Crippen molar-refractivity contribution >= 4 is 38.3 Å². The van der Waals surface area contributed by atoms with Gasteiger partial charge in [0.2, 0.25) is 0 Å². The second kappa shape index (κ2) is 18.2. The van der Waals surface area contributed by atoms with E-state index in [1.165, 1.54) is 0 Å². The number of anilines is 2. The smallest absolute Gasteiger partial charge is 0.459 e. The molecule has 0 aliphatic rings. The number of rotatable bonds is 18. The lowest BCUT2D eigenvalue weighted by Crippen LogP contribution is -2.46. The summed E-state index contributed by atoms with van der Waals surface area (Å²) in [5.41, 5.74) is 3.15. The third-order valence-corrected chi connectivity index (χ3v) is 9.71. The van der Waals surface area contributed by atoms with Crippen molar-refractivity contribution in [1.82, 2.24) is 0 Å². The zero-order chi connectivity index (χ0) is 32.6. The van der Waals surface area contributed by atoms with E-state index in [-0.39, 0.29) is 30.8 Å². The van der Waals surface area contributed by atoms with Gasteiger partial charge >= 0.3 is 27.0 Å². The van der Waals surface area contributed by atoms with Gasteiger partial charge in [-0.05, 0) is 69.5 Å². The van der Waals surface area contributed by atoms with Crippen LogP contribution in [-0.4, -0.2) is 66.6 Å². The molecule has 2 N–H and O–H groups in total. The lowest BCUT2D eigenvalue weighted by Gasteiger charge is -2.28. The predicted molar refractivity (Wildman–Crippen MR) is 171 cm³/mol. The van der Waals surface area contributed by atoms with Gasteiger partial charge in [-0.25, -0.2) is 14.4 Å². The van der Waals surface area contributed by atoms with Crippen LogP contribution < -0.4 is 10.6 Å². The molecule has 2 rings (SSSR count). The molecule has 0 atom stereocenters. The molecule has 0 aromatic heterocycles. The highest BCUT2D eigenvalue weighted by Crippen LogP contribution is 2.33. The second-order valence-electron chi connectivity index (χ2n) is 10.3. The van der Waals surface area contributed by atoms with Gasteiger partial charge in [0.25, 0.3) is 0 Å². The molecule has 11 nitrogen and oxygen atoms in total. The molecular weight excluding hydrogens is 584 g/mol. The third-order valence-electron chi connectivity index (χ3n) is 6.56. The molecule has 0 spiro atoms. The number of ether oxygens (including phenoxy) is 3. The summed E-state index contributed by atoms with van der Waals surface area (Å²) in [5, 5.41) is 5.41. The van der Waals surface area contributed by atoms with Crippen LogP contribution in [0.5, 0.6) is 0 Å². The Morgan fingerprint density at radius 1 is 0.705 bits per heavy atom. The van der Waals surface area contributed by atoms with Gasteiger partial charge in [0.05, 0.1) is 6.61 Å². The maximum Gasteiger partial charge on any atom is 0.501 e. The van der Waals surface area contributed by atoms with Crippen LogP contribution >= 0.6 is 0 Å². The van der Waals surface area contributed by atoms with Crippen LogP contribution in [0.4, 0.5) is 21.0 Å². The van der Waals surface area contributed by atoms with Gasteiger partial charge in [0, 0.05) is 48.2 Å². The summed E-state index contributed by atoms with van der Waals surface area (Å²) in [6.45, 7) is 16.5. The highest BCUT2D eigenvalue weighted by Gasteiger charge is 2.39. The number of esters is 1. The van der Waals surface area contributed by atoms with Gasteiger partial charge < -0.3 is 27.5 Å². The molecule has 0 unspecified atom stereocenters. The van der Waals surface area contributed by atoms with Crippen molar-refractivity contribution < 1.29 is 41.9 Å². The first-order valence-corrected chi connectivity index (χ1v) is 16.7. The summed E-state index contributed by atoms with van der Waals surface area (Å²) in [7, 11) is -2.77. The maximum absolute atomic E-state index is 12.4. The first-order valence-electron chi connectivity index (χ1n) is 14.8. The average Bonchev–Trinajstić information content (AvgIpc) is 2.98. The van der Waals surface area contributed by atoms with Crippen molar-refractivity contribution in [2.24, 2.45) is 0 Å². The molecule has 242 valence electrons. The summed E-state index contributed by atoms with van der Waals surface area (Å²) in [4.78, 5) is 35.8. The van der Waals surface area contributed by atoms with Crippen molar-refractivity contribution in [3.05, 3.63) is 71.8 Å². The molecule has 0 heterocycles. The largest absolute Gasteiger partial charge is 0.501 e. The molecule has 0 fully saturated rings. The summed E-state index contributed by atoms with van der Waals surface area (Å²) >= 11 is 0. The summed E-state index contributed by atoms with van der Waals surface area (Å²) in [5.74, 6) is -0.533. The van der Waals surface area contributed by atoms with Crippen LogP contribution in [0.3, 0.4) is 0 Å². The first kappa shape index (κ1) is 36.5. The lowest BCUT2D eigenvalue weighted by molar-refractivity contribution is -0.139. The van der Waals surface area contributed by atoms with Gasteiger partial charge in [-0.3, -0.25) is 10.6 Å². The Labute approximate surface area is 261 Å². The fraction of sp³-hybridized carbons (Fsp3) is 0.469. The molecular formula is C32H46N2O9Si. The third kappa shape index (κ3) is 11.8. The highest BCUT2D eigenvalue weighted by atomic mass is 28.4. The van der Waals surface area contributed by atoms with Gasteiger partial charge in [-0.1, -0.05) is 44.7 Å². The van der Waals surface area contributed by atoms with E-state index in [1.54, 1.807) is 19.1 Å². The van der Waals surface area contributed by atoms with E-state index >= 15 is 0 Å². The minimum absolute atomic E-state index is 0.0531. The van der Waals surface area contributed by atoms with Crippen LogP contribution in [0.15, 0.2) is 60.7 Å². The van der Waals surface area contributed by atoms with Crippen molar-refractivity contribution in [3.8, 4) is 0 Å². The first-order chi connectivity index (χ1) is 21.0. The number of benzene rings is 2. The quantitative estimate of drug-likeness (QED) is 0.0610. The zero-order valence-corrected chi connectivity index (χ0v) is 27.7. The molecule has 0 aliphatic carbocycles. The van der Waals surface area contributed by atoms with Gasteiger partial charge in [0.1, 0.15) is 13.2 Å². The molecule has 2 aromatic rings. The van der Waals surface area contributed by atoms with Gasteiger partial charge in [-0.2, -0.15) is 0 Å². The number of hydrogen-bond donors (Lipinski definition) is 2. The molecule has 0 aliphatic heterocycles. The molecule has 0 saturated carbocycles. The minimum Gasteiger partial charge on any atom is -0.459 e. The Balaban J connectivity index is 1.85. The molecule has 0 bridgehead atoms. The molecule has 44 heavy (non-hydrogen) atoms. The predicted octanol–water partition coefficient (Wildman–Crippen LogP) is 6.67. The normalized spacial score (nSPS) is 11.4. The van der Waals surface area contributed by atoms with Crippen LogP contribution in [0.25, 0.3) is 0 Å². The maximum atomic E-state index is 12.4. The van der Waals surface area contributed by atoms with Gasteiger partial charge in [0.15, 0.2) is 0 Å². The topological polar surface area (TPSA) is 131 Å². The van der Waals surface area contributed by atoms with E-state index in [0.29, 0.717) is 43.7 Å². The zero-order valence-electron chi connectivity index (χ0n) is 26.7. The summed E-state index contributed by atoms with van der Waals surface area (Å²) in [6, 6.07) is 15.5. The Morgan fingerprint density at radius 3 is 1.52 bits per heavy atom. The van der Waals surface area contributed by atoms with Crippen LogP contribution in [-0.2, 0) is 37.7 Å². The number of carbonyl (C=O) groups excluding carboxylic acids is 3. The Kier molecular flexibility index (Phi) is 15.1. The van der Waals surface area contributed by atoms with Gasteiger partial charge in [-0.15, -0.1) is 0 Å². The van der Waals surface area contributed by atoms with Crippen molar-refractivity contribution in [2.75, 3.05) is 50.3 Å². The molecule has 2 amide bonds. The fourth-order valence-corrected chi connectivity index (χ4v) is 6.84. The molecule has 0 saturated heterocycles. The number of amides is 2. The summed E-state index contributed by atoms with van der Waals surface area (Å²) in [6.07, 6.45) is -0.626. The van der Waals surface area contributed by atoms with Crippen molar-refractivity contribution in [3.63, 3.8) is 0 Å².